The van der Waals surface area contributed by atoms with Crippen LogP contribution in [0.2, 0.25) is 0 Å². The van der Waals surface area contributed by atoms with E-state index >= 15 is 0 Å². The van der Waals surface area contributed by atoms with Crippen LogP contribution in [0.3, 0.4) is 0 Å². The maximum absolute atomic E-state index is 4.19. The molecule has 0 radical (unpaired) electrons. The van der Waals surface area contributed by atoms with Crippen LogP contribution in [0.1, 0.15) is 24.7 Å². The Kier molecular flexibility index (Phi) is 4.82. The topological polar surface area (TPSA) is 38.7 Å². The summed E-state index contributed by atoms with van der Waals surface area (Å²) in [6, 6.07) is 4.05. The van der Waals surface area contributed by atoms with E-state index in [4.69, 9.17) is 0 Å². The third-order valence-electron chi connectivity index (χ3n) is 2.09. The van der Waals surface area contributed by atoms with Gasteiger partial charge >= 0.3 is 0 Å². The molecule has 2 aromatic rings. The van der Waals surface area contributed by atoms with Gasteiger partial charge in [0, 0.05) is 17.6 Å². The van der Waals surface area contributed by atoms with Crippen molar-refractivity contribution in [1.29, 1.82) is 0 Å². The lowest BCUT2D eigenvalue weighted by molar-refractivity contribution is 0.949. The number of hydrogen-bond acceptors (Lipinski definition) is 6. The quantitative estimate of drug-likeness (QED) is 0.778. The molecule has 2 heterocycles. The highest BCUT2D eigenvalue weighted by molar-refractivity contribution is 8.03. The smallest absolute Gasteiger partial charge is 0.175 e. The van der Waals surface area contributed by atoms with Crippen LogP contribution in [-0.4, -0.2) is 20.9 Å². The molecule has 0 aliphatic carbocycles. The molecule has 0 spiro atoms. The minimum atomic E-state index is 0.358. The number of aromatic nitrogens is 3. The predicted molar refractivity (Wildman–Crippen MR) is 74.8 cm³/mol. The molecule has 0 aliphatic rings. The minimum absolute atomic E-state index is 0.358. The molecule has 0 N–H and O–H groups in total. The van der Waals surface area contributed by atoms with E-state index in [0.717, 1.165) is 14.4 Å². The zero-order chi connectivity index (χ0) is 12.1. The van der Waals surface area contributed by atoms with Gasteiger partial charge in [-0.25, -0.2) is 0 Å². The molecule has 3 nitrogen and oxygen atoms in total. The van der Waals surface area contributed by atoms with Crippen LogP contribution in [0.15, 0.2) is 33.2 Å². The van der Waals surface area contributed by atoms with Crippen LogP contribution < -0.4 is 0 Å². The SMILES string of the molecule is CCSc1nnc(S[C@H](C)c2cccnc2)s1. The summed E-state index contributed by atoms with van der Waals surface area (Å²) in [4.78, 5) is 4.13. The molecular weight excluding hydrogens is 270 g/mol. The van der Waals surface area contributed by atoms with Gasteiger partial charge in [-0.05, 0) is 24.3 Å². The lowest BCUT2D eigenvalue weighted by atomic mass is 10.2. The van der Waals surface area contributed by atoms with E-state index in [0.29, 0.717) is 5.25 Å². The van der Waals surface area contributed by atoms with Crippen LogP contribution in [0.4, 0.5) is 0 Å². The molecule has 0 saturated heterocycles. The van der Waals surface area contributed by atoms with Crippen LogP contribution in [-0.2, 0) is 0 Å². The lowest BCUT2D eigenvalue weighted by Crippen LogP contribution is -1.88. The number of thioether (sulfide) groups is 2. The van der Waals surface area contributed by atoms with E-state index in [9.17, 15) is 0 Å². The summed E-state index contributed by atoms with van der Waals surface area (Å²) in [6.07, 6.45) is 3.70. The summed E-state index contributed by atoms with van der Waals surface area (Å²) >= 11 is 5.14. The second-order valence-electron chi connectivity index (χ2n) is 3.31. The third-order valence-corrected chi connectivity index (χ3v) is 5.27. The van der Waals surface area contributed by atoms with E-state index in [-0.39, 0.29) is 0 Å². The summed E-state index contributed by atoms with van der Waals surface area (Å²) in [5.74, 6) is 1.04. The number of hydrogen-bond donors (Lipinski definition) is 0. The average Bonchev–Trinajstić information content (AvgIpc) is 2.78. The first-order valence-corrected chi connectivity index (χ1v) is 8.00. The molecule has 0 unspecified atom stereocenters. The normalized spacial score (nSPS) is 12.6. The highest BCUT2D eigenvalue weighted by Gasteiger charge is 2.11. The lowest BCUT2D eigenvalue weighted by Gasteiger charge is -2.07. The molecule has 2 rings (SSSR count). The largest absolute Gasteiger partial charge is 0.264 e. The first kappa shape index (κ1) is 12.9. The van der Waals surface area contributed by atoms with E-state index in [1.165, 1.54) is 5.56 Å². The summed E-state index contributed by atoms with van der Waals surface area (Å²) in [5.41, 5.74) is 1.22. The fraction of sp³-hybridized carbons (Fsp3) is 0.364. The molecule has 6 heteroatoms. The molecule has 0 amide bonds. The molecular formula is C11H13N3S3. The van der Waals surface area contributed by atoms with Crippen molar-refractivity contribution in [2.45, 2.75) is 27.8 Å². The fourth-order valence-corrected chi connectivity index (χ4v) is 4.43. The van der Waals surface area contributed by atoms with Crippen molar-refractivity contribution in [3.8, 4) is 0 Å². The molecule has 0 fully saturated rings. The Morgan fingerprint density at radius 2 is 2.18 bits per heavy atom. The van der Waals surface area contributed by atoms with Gasteiger partial charge < -0.3 is 0 Å². The first-order valence-electron chi connectivity index (χ1n) is 5.32. The summed E-state index contributed by atoms with van der Waals surface area (Å²) in [7, 11) is 0. The second kappa shape index (κ2) is 6.37. The van der Waals surface area contributed by atoms with Gasteiger partial charge in [-0.2, -0.15) is 0 Å². The van der Waals surface area contributed by atoms with Gasteiger partial charge in [-0.3, -0.25) is 4.98 Å². The molecule has 0 bridgehead atoms. The van der Waals surface area contributed by atoms with Crippen molar-refractivity contribution in [3.05, 3.63) is 30.1 Å². The van der Waals surface area contributed by atoms with Crippen LogP contribution in [0.5, 0.6) is 0 Å². The molecule has 0 saturated carbocycles. The van der Waals surface area contributed by atoms with Crippen LogP contribution in [0.25, 0.3) is 0 Å². The van der Waals surface area contributed by atoms with Crippen LogP contribution >= 0.6 is 34.9 Å². The molecule has 0 aromatic carbocycles. The Balaban J connectivity index is 2.00. The Labute approximate surface area is 113 Å². The van der Waals surface area contributed by atoms with Crippen LogP contribution in [0, 0.1) is 0 Å². The van der Waals surface area contributed by atoms with Gasteiger partial charge in [0.15, 0.2) is 8.68 Å². The van der Waals surface area contributed by atoms with E-state index in [1.807, 2.05) is 12.3 Å². The van der Waals surface area contributed by atoms with Gasteiger partial charge in [-0.15, -0.1) is 10.2 Å². The standard InChI is InChI=1S/C11H13N3S3/c1-3-15-10-13-14-11(17-10)16-8(2)9-5-4-6-12-7-9/h4-8H,3H2,1-2H3/t8-/m1/s1. The highest BCUT2D eigenvalue weighted by Crippen LogP contribution is 2.37. The van der Waals surface area contributed by atoms with E-state index in [2.05, 4.69) is 35.1 Å². The summed E-state index contributed by atoms with van der Waals surface area (Å²) < 4.78 is 2.07. The van der Waals surface area contributed by atoms with Gasteiger partial charge in [0.05, 0.1) is 0 Å². The Hall–Kier alpha value is -0.590. The molecule has 17 heavy (non-hydrogen) atoms. The monoisotopic (exact) mass is 283 g/mol. The van der Waals surface area contributed by atoms with Crippen molar-refractivity contribution in [3.63, 3.8) is 0 Å². The van der Waals surface area contributed by atoms with Gasteiger partial charge in [-0.1, -0.05) is 47.9 Å². The van der Waals surface area contributed by atoms with Gasteiger partial charge in [0.1, 0.15) is 0 Å². The average molecular weight is 283 g/mol. The Bertz CT molecular complexity index is 458. The van der Waals surface area contributed by atoms with Gasteiger partial charge in [0.2, 0.25) is 0 Å². The summed E-state index contributed by atoms with van der Waals surface area (Å²) in [6.45, 7) is 4.28. The Morgan fingerprint density at radius 1 is 1.35 bits per heavy atom. The van der Waals surface area contributed by atoms with Crippen molar-refractivity contribution in [2.75, 3.05) is 5.75 Å². The highest BCUT2D eigenvalue weighted by atomic mass is 32.2. The zero-order valence-electron chi connectivity index (χ0n) is 9.66. The predicted octanol–water partition coefficient (Wildman–Crippen LogP) is 3.90. The maximum atomic E-state index is 4.19. The molecule has 1 atom stereocenters. The first-order chi connectivity index (χ1) is 8.29. The number of nitrogens with zero attached hydrogens (tertiary/aromatic N) is 3. The van der Waals surface area contributed by atoms with Crippen molar-refractivity contribution in [1.82, 2.24) is 15.2 Å². The maximum Gasteiger partial charge on any atom is 0.175 e. The van der Waals surface area contributed by atoms with Crippen molar-refractivity contribution in [2.24, 2.45) is 0 Å². The Morgan fingerprint density at radius 3 is 2.88 bits per heavy atom. The second-order valence-corrected chi connectivity index (χ2v) is 7.39. The molecule has 0 aliphatic heterocycles. The summed E-state index contributed by atoms with van der Waals surface area (Å²) in [5, 5.41) is 8.70. The zero-order valence-corrected chi connectivity index (χ0v) is 12.1. The molecule has 2 aromatic heterocycles. The molecule has 90 valence electrons. The van der Waals surface area contributed by atoms with E-state index in [1.54, 1.807) is 41.1 Å². The van der Waals surface area contributed by atoms with Crippen molar-refractivity contribution < 1.29 is 0 Å². The van der Waals surface area contributed by atoms with Gasteiger partial charge in [0.25, 0.3) is 0 Å². The number of rotatable bonds is 5. The minimum Gasteiger partial charge on any atom is -0.264 e. The fourth-order valence-electron chi connectivity index (χ4n) is 1.26. The third kappa shape index (κ3) is 3.69. The van der Waals surface area contributed by atoms with E-state index < -0.39 is 0 Å². The van der Waals surface area contributed by atoms with Crippen molar-refractivity contribution >= 4 is 34.9 Å². The number of pyridine rings is 1.